The quantitative estimate of drug-likeness (QED) is 0.661. The second-order valence-corrected chi connectivity index (χ2v) is 6.02. The number of rotatable bonds is 2. The van der Waals surface area contributed by atoms with E-state index in [1.807, 2.05) is 0 Å². The van der Waals surface area contributed by atoms with Gasteiger partial charge in [0.1, 0.15) is 0 Å². The molecule has 4 aliphatic rings. The molecule has 0 saturated heterocycles. The van der Waals surface area contributed by atoms with E-state index in [0.29, 0.717) is 6.04 Å². The molecular formula is C11H17N. The van der Waals surface area contributed by atoms with Crippen molar-refractivity contribution in [1.82, 2.24) is 0 Å². The fourth-order valence-corrected chi connectivity index (χ4v) is 5.81. The molecule has 1 spiro atoms. The Kier molecular flexibility index (Phi) is 0.693. The zero-order valence-corrected chi connectivity index (χ0v) is 7.77. The highest BCUT2D eigenvalue weighted by molar-refractivity contribution is 5.49. The monoisotopic (exact) mass is 163 g/mol. The van der Waals surface area contributed by atoms with Gasteiger partial charge in [0.2, 0.25) is 0 Å². The molecule has 5 unspecified atom stereocenters. The normalized spacial score (nSPS) is 71.0. The zero-order valence-electron chi connectivity index (χ0n) is 7.77. The molecular weight excluding hydrogens is 146 g/mol. The first-order valence-corrected chi connectivity index (χ1v) is 5.43. The minimum absolute atomic E-state index is 0.448. The van der Waals surface area contributed by atoms with Crippen LogP contribution in [0.15, 0.2) is 0 Å². The number of hydrogen-bond donors (Lipinski definition) is 1. The number of nitrogens with two attached hydrogens (primary N) is 1. The van der Waals surface area contributed by atoms with E-state index in [-0.39, 0.29) is 0 Å². The summed E-state index contributed by atoms with van der Waals surface area (Å²) in [4.78, 5) is 0. The summed E-state index contributed by atoms with van der Waals surface area (Å²) in [5.41, 5.74) is 8.55. The van der Waals surface area contributed by atoms with Gasteiger partial charge in [-0.05, 0) is 61.2 Å². The minimum Gasteiger partial charge on any atom is -0.328 e. The summed E-state index contributed by atoms with van der Waals surface area (Å²) in [5.74, 6) is 1.14. The van der Waals surface area contributed by atoms with Gasteiger partial charge in [-0.2, -0.15) is 0 Å². The maximum atomic E-state index is 5.92. The first-order chi connectivity index (χ1) is 5.67. The van der Waals surface area contributed by atoms with E-state index in [4.69, 9.17) is 5.73 Å². The van der Waals surface area contributed by atoms with E-state index in [1.54, 1.807) is 25.7 Å². The van der Waals surface area contributed by atoms with Crippen LogP contribution in [-0.2, 0) is 0 Å². The van der Waals surface area contributed by atoms with Crippen LogP contribution in [0.25, 0.3) is 0 Å². The lowest BCUT2D eigenvalue weighted by atomic mass is 9.38. The molecule has 0 aromatic carbocycles. The Morgan fingerprint density at radius 1 is 1.50 bits per heavy atom. The first-order valence-electron chi connectivity index (χ1n) is 5.43. The maximum absolute atomic E-state index is 5.92. The van der Waals surface area contributed by atoms with Crippen molar-refractivity contribution in [3.05, 3.63) is 0 Å². The topological polar surface area (TPSA) is 26.0 Å². The van der Waals surface area contributed by atoms with Crippen LogP contribution in [-0.4, -0.2) is 6.04 Å². The summed E-state index contributed by atoms with van der Waals surface area (Å²) in [5, 5.41) is 0. The molecule has 0 aliphatic heterocycles. The molecule has 0 radical (unpaired) electrons. The maximum Gasteiger partial charge on any atom is 0.00160 e. The Balaban J connectivity index is 1.68. The molecule has 0 aromatic heterocycles. The van der Waals surface area contributed by atoms with Crippen LogP contribution in [0.4, 0.5) is 0 Å². The van der Waals surface area contributed by atoms with Crippen molar-refractivity contribution in [2.45, 2.75) is 45.1 Å². The highest BCUT2D eigenvalue weighted by Crippen LogP contribution is 3.07. The lowest BCUT2D eigenvalue weighted by molar-refractivity contribution is -0.174. The van der Waals surface area contributed by atoms with Gasteiger partial charge in [-0.3, -0.25) is 0 Å². The van der Waals surface area contributed by atoms with Gasteiger partial charge in [-0.1, -0.05) is 0 Å². The second-order valence-electron chi connectivity index (χ2n) is 6.02. The van der Waals surface area contributed by atoms with Gasteiger partial charge in [0, 0.05) is 6.04 Å². The Morgan fingerprint density at radius 2 is 2.33 bits per heavy atom. The molecule has 4 rings (SSSR count). The molecule has 1 heteroatoms. The van der Waals surface area contributed by atoms with E-state index in [0.717, 1.165) is 22.2 Å². The van der Waals surface area contributed by atoms with Gasteiger partial charge in [0.25, 0.3) is 0 Å². The predicted octanol–water partition coefficient (Wildman–Crippen LogP) is 1.91. The van der Waals surface area contributed by atoms with Crippen LogP contribution >= 0.6 is 0 Å². The molecule has 0 aromatic rings. The molecule has 12 heavy (non-hydrogen) atoms. The van der Waals surface area contributed by atoms with Crippen molar-refractivity contribution < 1.29 is 0 Å². The van der Waals surface area contributed by atoms with Crippen LogP contribution in [0, 0.1) is 22.2 Å². The van der Waals surface area contributed by atoms with Gasteiger partial charge in [-0.25, -0.2) is 0 Å². The molecule has 1 nitrogen and oxygen atoms in total. The van der Waals surface area contributed by atoms with Crippen LogP contribution in [0.1, 0.15) is 39.0 Å². The van der Waals surface area contributed by atoms with Gasteiger partial charge >= 0.3 is 0 Å². The molecule has 4 fully saturated rings. The van der Waals surface area contributed by atoms with E-state index in [2.05, 4.69) is 6.92 Å². The van der Waals surface area contributed by atoms with Crippen LogP contribution in [0.2, 0.25) is 0 Å². The third-order valence-electron chi connectivity index (χ3n) is 5.95. The van der Waals surface area contributed by atoms with Crippen molar-refractivity contribution >= 4 is 0 Å². The first kappa shape index (κ1) is 6.42. The second kappa shape index (κ2) is 1.30. The van der Waals surface area contributed by atoms with Gasteiger partial charge in [0.05, 0.1) is 0 Å². The summed E-state index contributed by atoms with van der Waals surface area (Å²) in [6.07, 6.45) is 7.60. The van der Waals surface area contributed by atoms with E-state index >= 15 is 0 Å². The smallest absolute Gasteiger partial charge is 0.00160 e. The Bertz CT molecular complexity index is 285. The fourth-order valence-electron chi connectivity index (χ4n) is 5.81. The molecule has 5 atom stereocenters. The Labute approximate surface area is 73.7 Å². The number of fused-ring (bicyclic) bond motifs is 1. The lowest BCUT2D eigenvalue weighted by Crippen LogP contribution is -2.59. The fraction of sp³-hybridized carbons (Fsp3) is 1.00. The zero-order chi connectivity index (χ0) is 8.19. The predicted molar refractivity (Wildman–Crippen MR) is 47.5 cm³/mol. The van der Waals surface area contributed by atoms with Gasteiger partial charge in [0.15, 0.2) is 0 Å². The Hall–Kier alpha value is -0.0400. The van der Waals surface area contributed by atoms with E-state index in [9.17, 15) is 0 Å². The third kappa shape index (κ3) is 0.308. The molecule has 4 aliphatic carbocycles. The van der Waals surface area contributed by atoms with Gasteiger partial charge in [-0.15, -0.1) is 0 Å². The molecule has 2 N–H and O–H groups in total. The van der Waals surface area contributed by atoms with Crippen LogP contribution < -0.4 is 5.73 Å². The number of hydrogen-bond acceptors (Lipinski definition) is 1. The van der Waals surface area contributed by atoms with Crippen molar-refractivity contribution in [2.75, 3.05) is 0 Å². The average Bonchev–Trinajstić information content (AvgIpc) is 2.25. The highest BCUT2D eigenvalue weighted by Gasteiger charge is 3.01. The summed E-state index contributed by atoms with van der Waals surface area (Å²) >= 11 is 0. The Morgan fingerprint density at radius 3 is 2.58 bits per heavy atom. The minimum atomic E-state index is 0.448. The summed E-state index contributed by atoms with van der Waals surface area (Å²) in [7, 11) is 0. The molecule has 4 saturated carbocycles. The SMILES string of the molecule is CC(N)CC12CC34CCC31C2C4. The third-order valence-corrected chi connectivity index (χ3v) is 5.95. The van der Waals surface area contributed by atoms with Crippen molar-refractivity contribution in [3.63, 3.8) is 0 Å². The largest absolute Gasteiger partial charge is 0.328 e. The van der Waals surface area contributed by atoms with Crippen molar-refractivity contribution in [3.8, 4) is 0 Å². The molecule has 0 heterocycles. The van der Waals surface area contributed by atoms with Crippen LogP contribution in [0.5, 0.6) is 0 Å². The summed E-state index contributed by atoms with van der Waals surface area (Å²) < 4.78 is 0. The van der Waals surface area contributed by atoms with Gasteiger partial charge < -0.3 is 5.73 Å². The summed E-state index contributed by atoms with van der Waals surface area (Å²) in [6, 6.07) is 0.448. The summed E-state index contributed by atoms with van der Waals surface area (Å²) in [6.45, 7) is 2.18. The average molecular weight is 163 g/mol. The lowest BCUT2D eigenvalue weighted by Gasteiger charge is -2.66. The molecule has 66 valence electrons. The van der Waals surface area contributed by atoms with Crippen LogP contribution in [0.3, 0.4) is 0 Å². The highest BCUT2D eigenvalue weighted by atomic mass is 15.0. The standard InChI is InChI=1S/C11H17N/c1-7(12)4-10-6-9-2-3-11(9,10)8(10)5-9/h7-8H,2-6,12H2,1H3. The van der Waals surface area contributed by atoms with E-state index in [1.165, 1.54) is 6.42 Å². The van der Waals surface area contributed by atoms with E-state index < -0.39 is 0 Å². The molecule has 0 bridgehead atoms. The van der Waals surface area contributed by atoms with Crippen molar-refractivity contribution in [2.24, 2.45) is 27.9 Å². The van der Waals surface area contributed by atoms with Crippen molar-refractivity contribution in [1.29, 1.82) is 0 Å². The molecule has 0 amide bonds.